The summed E-state index contributed by atoms with van der Waals surface area (Å²) in [5.41, 5.74) is -0.537. The van der Waals surface area contributed by atoms with Gasteiger partial charge in [-0.3, -0.25) is 4.79 Å². The molecule has 4 nitrogen and oxygen atoms in total. The molecule has 0 spiro atoms. The molecule has 0 aliphatic heterocycles. The molecule has 2 rings (SSSR count). The number of carbonyl (C=O) groups excluding carboxylic acids is 1. The van der Waals surface area contributed by atoms with Gasteiger partial charge in [0, 0.05) is 31.9 Å². The maximum absolute atomic E-state index is 13.4. The molecule has 0 atom stereocenters. The normalized spacial score (nSPS) is 14.3. The lowest BCUT2D eigenvalue weighted by Gasteiger charge is -2.08. The van der Waals surface area contributed by atoms with Gasteiger partial charge in [0.15, 0.2) is 0 Å². The van der Waals surface area contributed by atoms with E-state index in [0.29, 0.717) is 37.6 Å². The topological polar surface area (TPSA) is 58.6 Å². The SMILES string of the molecule is O=C(NCCCOCC1CC1)c1c(O)cc(F)cc1F. The largest absolute Gasteiger partial charge is 0.507 e. The number of phenols is 1. The molecule has 0 saturated heterocycles. The van der Waals surface area contributed by atoms with Crippen LogP contribution in [0.2, 0.25) is 0 Å². The zero-order valence-corrected chi connectivity index (χ0v) is 11.0. The number of amides is 1. The Bertz CT molecular complexity index is 466. The summed E-state index contributed by atoms with van der Waals surface area (Å²) in [6.45, 7) is 1.58. The van der Waals surface area contributed by atoms with Crippen LogP contribution in [-0.4, -0.2) is 30.8 Å². The molecular weight excluding hydrogens is 268 g/mol. The Morgan fingerprint density at radius 3 is 2.80 bits per heavy atom. The molecule has 1 aliphatic rings. The molecule has 1 aromatic rings. The van der Waals surface area contributed by atoms with E-state index >= 15 is 0 Å². The van der Waals surface area contributed by atoms with Gasteiger partial charge in [-0.25, -0.2) is 8.78 Å². The van der Waals surface area contributed by atoms with Crippen LogP contribution in [-0.2, 0) is 4.74 Å². The lowest BCUT2D eigenvalue weighted by Crippen LogP contribution is -2.26. The maximum atomic E-state index is 13.4. The Balaban J connectivity index is 1.73. The smallest absolute Gasteiger partial charge is 0.258 e. The predicted octanol–water partition coefficient (Wildman–Crippen LogP) is 2.22. The number of rotatable bonds is 7. The van der Waals surface area contributed by atoms with Crippen LogP contribution in [0.4, 0.5) is 8.78 Å². The monoisotopic (exact) mass is 285 g/mol. The van der Waals surface area contributed by atoms with Crippen molar-refractivity contribution in [1.29, 1.82) is 0 Å². The third-order valence-electron chi connectivity index (χ3n) is 3.06. The molecule has 1 amide bonds. The third-order valence-corrected chi connectivity index (χ3v) is 3.06. The van der Waals surface area contributed by atoms with Crippen LogP contribution in [0, 0.1) is 17.6 Å². The first-order valence-electron chi connectivity index (χ1n) is 6.62. The molecule has 0 unspecified atom stereocenters. The summed E-state index contributed by atoms with van der Waals surface area (Å²) in [4.78, 5) is 11.7. The number of halogens is 2. The van der Waals surface area contributed by atoms with Crippen LogP contribution in [0.1, 0.15) is 29.6 Å². The number of benzene rings is 1. The van der Waals surface area contributed by atoms with Crippen molar-refractivity contribution >= 4 is 5.91 Å². The minimum atomic E-state index is -1.08. The molecule has 1 saturated carbocycles. The number of ether oxygens (including phenoxy) is 1. The molecule has 2 N–H and O–H groups in total. The van der Waals surface area contributed by atoms with E-state index in [4.69, 9.17) is 4.74 Å². The summed E-state index contributed by atoms with van der Waals surface area (Å²) in [7, 11) is 0. The van der Waals surface area contributed by atoms with Gasteiger partial charge < -0.3 is 15.2 Å². The van der Waals surface area contributed by atoms with Crippen molar-refractivity contribution in [3.63, 3.8) is 0 Å². The molecule has 1 fully saturated rings. The average Bonchev–Trinajstić information content (AvgIpc) is 3.16. The second kappa shape index (κ2) is 6.65. The minimum absolute atomic E-state index is 0.305. The Morgan fingerprint density at radius 2 is 2.15 bits per heavy atom. The number of nitrogens with one attached hydrogen (secondary N) is 1. The molecule has 0 bridgehead atoms. The highest BCUT2D eigenvalue weighted by Gasteiger charge is 2.21. The van der Waals surface area contributed by atoms with Gasteiger partial charge in [0.25, 0.3) is 5.91 Å². The number of hydrogen-bond acceptors (Lipinski definition) is 3. The van der Waals surface area contributed by atoms with Crippen molar-refractivity contribution in [3.05, 3.63) is 29.3 Å². The van der Waals surface area contributed by atoms with E-state index in [1.165, 1.54) is 12.8 Å². The number of aromatic hydroxyl groups is 1. The van der Waals surface area contributed by atoms with E-state index in [2.05, 4.69) is 5.32 Å². The van der Waals surface area contributed by atoms with Crippen LogP contribution in [0.5, 0.6) is 5.75 Å². The fourth-order valence-electron chi connectivity index (χ4n) is 1.78. The Labute approximate surface area is 115 Å². The van der Waals surface area contributed by atoms with E-state index in [-0.39, 0.29) is 0 Å². The van der Waals surface area contributed by atoms with E-state index in [1.54, 1.807) is 0 Å². The van der Waals surface area contributed by atoms with Gasteiger partial charge in [0.1, 0.15) is 22.9 Å². The molecule has 6 heteroatoms. The van der Waals surface area contributed by atoms with E-state index in [1.807, 2.05) is 0 Å². The van der Waals surface area contributed by atoms with Crippen molar-refractivity contribution < 1.29 is 23.4 Å². The summed E-state index contributed by atoms with van der Waals surface area (Å²) in [6.07, 6.45) is 3.04. The quantitative estimate of drug-likeness (QED) is 0.755. The predicted molar refractivity (Wildman–Crippen MR) is 68.5 cm³/mol. The molecule has 1 aromatic carbocycles. The molecular formula is C14H17F2NO3. The molecule has 0 radical (unpaired) electrons. The standard InChI is InChI=1S/C14H17F2NO3/c15-10-6-11(16)13(12(18)7-10)14(19)17-4-1-5-20-8-9-2-3-9/h6-7,9,18H,1-5,8H2,(H,17,19). The first-order chi connectivity index (χ1) is 9.58. The molecule has 20 heavy (non-hydrogen) atoms. The number of carbonyl (C=O) groups is 1. The molecule has 110 valence electrons. The molecule has 0 aromatic heterocycles. The van der Waals surface area contributed by atoms with Gasteiger partial charge in [-0.05, 0) is 25.2 Å². The summed E-state index contributed by atoms with van der Waals surface area (Å²) in [6, 6.07) is 1.27. The highest BCUT2D eigenvalue weighted by atomic mass is 19.1. The van der Waals surface area contributed by atoms with Gasteiger partial charge in [-0.15, -0.1) is 0 Å². The van der Waals surface area contributed by atoms with E-state index < -0.39 is 28.9 Å². The van der Waals surface area contributed by atoms with Crippen LogP contribution in [0.3, 0.4) is 0 Å². The molecule has 1 aliphatic carbocycles. The minimum Gasteiger partial charge on any atom is -0.507 e. The lowest BCUT2D eigenvalue weighted by atomic mass is 10.1. The summed E-state index contributed by atoms with van der Waals surface area (Å²) in [5.74, 6) is -2.78. The summed E-state index contributed by atoms with van der Waals surface area (Å²) in [5, 5.41) is 11.8. The Morgan fingerprint density at radius 1 is 1.40 bits per heavy atom. The van der Waals surface area contributed by atoms with Crippen LogP contribution < -0.4 is 5.32 Å². The third kappa shape index (κ3) is 4.16. The van der Waals surface area contributed by atoms with Crippen LogP contribution in [0.25, 0.3) is 0 Å². The van der Waals surface area contributed by atoms with Crippen LogP contribution >= 0.6 is 0 Å². The van der Waals surface area contributed by atoms with Gasteiger partial charge in [-0.1, -0.05) is 0 Å². The first-order valence-corrected chi connectivity index (χ1v) is 6.62. The van der Waals surface area contributed by atoms with Gasteiger partial charge in [0.2, 0.25) is 0 Å². The zero-order chi connectivity index (χ0) is 14.5. The first kappa shape index (κ1) is 14.7. The average molecular weight is 285 g/mol. The summed E-state index contributed by atoms with van der Waals surface area (Å²) >= 11 is 0. The highest BCUT2D eigenvalue weighted by Crippen LogP contribution is 2.28. The van der Waals surface area contributed by atoms with Crippen molar-refractivity contribution in [1.82, 2.24) is 5.32 Å². The lowest BCUT2D eigenvalue weighted by molar-refractivity contribution is 0.0930. The van der Waals surface area contributed by atoms with Crippen molar-refractivity contribution in [2.45, 2.75) is 19.3 Å². The fraction of sp³-hybridized carbons (Fsp3) is 0.500. The van der Waals surface area contributed by atoms with Gasteiger partial charge >= 0.3 is 0 Å². The van der Waals surface area contributed by atoms with E-state index in [9.17, 15) is 18.7 Å². The van der Waals surface area contributed by atoms with Crippen LogP contribution in [0.15, 0.2) is 12.1 Å². The zero-order valence-electron chi connectivity index (χ0n) is 11.0. The number of phenolic OH excluding ortho intramolecular Hbond substituents is 1. The summed E-state index contributed by atoms with van der Waals surface area (Å²) < 4.78 is 31.6. The second-order valence-corrected chi connectivity index (χ2v) is 4.91. The maximum Gasteiger partial charge on any atom is 0.258 e. The fourth-order valence-corrected chi connectivity index (χ4v) is 1.78. The molecule has 0 heterocycles. The highest BCUT2D eigenvalue weighted by molar-refractivity contribution is 5.97. The number of hydrogen-bond donors (Lipinski definition) is 2. The second-order valence-electron chi connectivity index (χ2n) is 4.91. The van der Waals surface area contributed by atoms with Crippen molar-refractivity contribution in [2.75, 3.05) is 19.8 Å². The van der Waals surface area contributed by atoms with Gasteiger partial charge in [-0.2, -0.15) is 0 Å². The van der Waals surface area contributed by atoms with E-state index in [0.717, 1.165) is 6.61 Å². The van der Waals surface area contributed by atoms with Gasteiger partial charge in [0.05, 0.1) is 0 Å². The Hall–Kier alpha value is -1.69. The van der Waals surface area contributed by atoms with Crippen molar-refractivity contribution in [2.24, 2.45) is 5.92 Å². The Kier molecular flexibility index (Phi) is 4.89. The van der Waals surface area contributed by atoms with Crippen molar-refractivity contribution in [3.8, 4) is 5.75 Å².